The highest BCUT2D eigenvalue weighted by atomic mass is 32.2. The fraction of sp³-hybridized carbons (Fsp3) is 0.429. The summed E-state index contributed by atoms with van der Waals surface area (Å²) in [5.74, 6) is 3.16. The summed E-state index contributed by atoms with van der Waals surface area (Å²) in [4.78, 5) is 12.1. The van der Waals surface area contributed by atoms with E-state index in [1.54, 1.807) is 21.3 Å². The molecule has 0 N–H and O–H groups in total. The third-order valence-electron chi connectivity index (χ3n) is 5.38. The van der Waals surface area contributed by atoms with Crippen LogP contribution < -0.4 is 14.2 Å². The van der Waals surface area contributed by atoms with Crippen molar-refractivity contribution < 1.29 is 14.2 Å². The molecule has 28 heavy (non-hydrogen) atoms. The summed E-state index contributed by atoms with van der Waals surface area (Å²) in [7, 11) is 4.98. The Bertz CT molecular complexity index is 875. The number of benzene rings is 1. The predicted molar refractivity (Wildman–Crippen MR) is 112 cm³/mol. The van der Waals surface area contributed by atoms with Gasteiger partial charge >= 0.3 is 0 Å². The molecule has 1 aromatic carbocycles. The number of aromatic nitrogens is 1. The van der Waals surface area contributed by atoms with Gasteiger partial charge < -0.3 is 19.1 Å². The van der Waals surface area contributed by atoms with Crippen molar-refractivity contribution in [2.75, 3.05) is 27.1 Å². The van der Waals surface area contributed by atoms with Gasteiger partial charge in [0.25, 0.3) is 0 Å². The number of rotatable bonds is 6. The van der Waals surface area contributed by atoms with E-state index in [2.05, 4.69) is 16.8 Å². The standard InChI is InChI=1S/C21H25N3O3S/c1-5-13-12-28-21-23-19(15-8-6-7-9-22-15)20(24(13)21)14-10-17(26-3)18(27-4)11-16(14)25-2/h6-11,13,19-20H,5,12H2,1-4H3/t13-,19+,20+/m0/s1. The first kappa shape index (κ1) is 18.9. The number of ether oxygens (including phenoxy) is 3. The number of hydrogen-bond donors (Lipinski definition) is 0. The van der Waals surface area contributed by atoms with Crippen LogP contribution in [0.5, 0.6) is 17.2 Å². The molecular weight excluding hydrogens is 374 g/mol. The molecule has 2 aromatic rings. The van der Waals surface area contributed by atoms with Crippen molar-refractivity contribution in [1.82, 2.24) is 9.88 Å². The normalized spacial score (nSPS) is 23.4. The first-order chi connectivity index (χ1) is 13.7. The minimum atomic E-state index is -0.0925. The van der Waals surface area contributed by atoms with Crippen LogP contribution in [-0.2, 0) is 0 Å². The van der Waals surface area contributed by atoms with Gasteiger partial charge in [0.1, 0.15) is 11.8 Å². The van der Waals surface area contributed by atoms with Crippen LogP contribution >= 0.6 is 11.8 Å². The predicted octanol–water partition coefficient (Wildman–Crippen LogP) is 4.09. The molecule has 148 valence electrons. The number of methoxy groups -OCH3 is 3. The Balaban J connectivity index is 1.87. The van der Waals surface area contributed by atoms with E-state index in [0.717, 1.165) is 34.3 Å². The number of nitrogens with zero attached hydrogens (tertiary/aromatic N) is 3. The van der Waals surface area contributed by atoms with Crippen LogP contribution in [0.1, 0.15) is 36.7 Å². The van der Waals surface area contributed by atoms with Gasteiger partial charge in [-0.3, -0.25) is 9.98 Å². The number of amidine groups is 1. The van der Waals surface area contributed by atoms with Gasteiger partial charge in [0.15, 0.2) is 16.7 Å². The van der Waals surface area contributed by atoms with Crippen LogP contribution in [0.25, 0.3) is 0 Å². The molecular formula is C21H25N3O3S. The van der Waals surface area contributed by atoms with E-state index in [0.29, 0.717) is 17.5 Å². The SMILES string of the molecule is CC[C@H]1CSC2=N[C@H](c3ccccn3)[C@@H](c3cc(OC)c(OC)cc3OC)N21. The molecule has 0 spiro atoms. The second kappa shape index (κ2) is 7.91. The Morgan fingerprint density at radius 1 is 1.07 bits per heavy atom. The van der Waals surface area contributed by atoms with Crippen LogP contribution in [0, 0.1) is 0 Å². The summed E-state index contributed by atoms with van der Waals surface area (Å²) in [6, 6.07) is 10.2. The molecule has 2 aliphatic rings. The van der Waals surface area contributed by atoms with Crippen molar-refractivity contribution in [3.8, 4) is 17.2 Å². The van der Waals surface area contributed by atoms with Gasteiger partial charge in [-0.2, -0.15) is 0 Å². The summed E-state index contributed by atoms with van der Waals surface area (Å²) in [6.07, 6.45) is 2.89. The fourth-order valence-electron chi connectivity index (χ4n) is 3.97. The summed E-state index contributed by atoms with van der Waals surface area (Å²) >= 11 is 1.82. The van der Waals surface area contributed by atoms with Crippen molar-refractivity contribution in [1.29, 1.82) is 0 Å². The van der Waals surface area contributed by atoms with Gasteiger partial charge in [-0.1, -0.05) is 24.8 Å². The Morgan fingerprint density at radius 3 is 2.46 bits per heavy atom. The summed E-state index contributed by atoms with van der Waals surface area (Å²) in [6.45, 7) is 2.23. The zero-order valence-corrected chi connectivity index (χ0v) is 17.4. The molecule has 3 atom stereocenters. The van der Waals surface area contributed by atoms with Crippen LogP contribution in [-0.4, -0.2) is 48.2 Å². The number of aliphatic imine (C=N–C) groups is 1. The van der Waals surface area contributed by atoms with E-state index in [4.69, 9.17) is 19.2 Å². The largest absolute Gasteiger partial charge is 0.496 e. The van der Waals surface area contributed by atoms with E-state index in [-0.39, 0.29) is 12.1 Å². The summed E-state index contributed by atoms with van der Waals surface area (Å²) in [5.41, 5.74) is 2.00. The molecule has 0 saturated carbocycles. The molecule has 0 amide bonds. The average Bonchev–Trinajstić information content (AvgIpc) is 3.32. The molecule has 7 heteroatoms. The first-order valence-electron chi connectivity index (χ1n) is 9.41. The van der Waals surface area contributed by atoms with Crippen molar-refractivity contribution >= 4 is 16.9 Å². The maximum atomic E-state index is 5.76. The topological polar surface area (TPSA) is 56.2 Å². The minimum absolute atomic E-state index is 0.000365. The molecule has 0 radical (unpaired) electrons. The first-order valence-corrected chi connectivity index (χ1v) is 10.4. The highest BCUT2D eigenvalue weighted by molar-refractivity contribution is 8.14. The number of pyridine rings is 1. The van der Waals surface area contributed by atoms with Crippen LogP contribution in [0.3, 0.4) is 0 Å². The Kier molecular flexibility index (Phi) is 5.35. The smallest absolute Gasteiger partial charge is 0.164 e. The molecule has 1 saturated heterocycles. The molecule has 0 bridgehead atoms. The Hall–Kier alpha value is -2.41. The van der Waals surface area contributed by atoms with Gasteiger partial charge in [-0.25, -0.2) is 0 Å². The van der Waals surface area contributed by atoms with Gasteiger partial charge in [-0.15, -0.1) is 0 Å². The molecule has 0 unspecified atom stereocenters. The highest BCUT2D eigenvalue weighted by Gasteiger charge is 2.46. The van der Waals surface area contributed by atoms with E-state index >= 15 is 0 Å². The number of fused-ring (bicyclic) bond motifs is 1. The molecule has 3 heterocycles. The highest BCUT2D eigenvalue weighted by Crippen LogP contribution is 2.52. The second-order valence-electron chi connectivity index (χ2n) is 6.79. The van der Waals surface area contributed by atoms with Crippen LogP contribution in [0.2, 0.25) is 0 Å². The van der Waals surface area contributed by atoms with E-state index in [1.165, 1.54) is 0 Å². The zero-order chi connectivity index (χ0) is 19.7. The quantitative estimate of drug-likeness (QED) is 0.729. The van der Waals surface area contributed by atoms with Crippen molar-refractivity contribution in [2.45, 2.75) is 31.5 Å². The number of hydrogen-bond acceptors (Lipinski definition) is 7. The van der Waals surface area contributed by atoms with Crippen molar-refractivity contribution in [3.63, 3.8) is 0 Å². The third kappa shape index (κ3) is 3.07. The minimum Gasteiger partial charge on any atom is -0.496 e. The van der Waals surface area contributed by atoms with E-state index in [1.807, 2.05) is 48.3 Å². The summed E-state index contributed by atoms with van der Waals surface area (Å²) < 4.78 is 16.8. The van der Waals surface area contributed by atoms with Crippen LogP contribution in [0.15, 0.2) is 41.5 Å². The Labute approximate surface area is 169 Å². The molecule has 1 fully saturated rings. The zero-order valence-electron chi connectivity index (χ0n) is 16.6. The monoisotopic (exact) mass is 399 g/mol. The van der Waals surface area contributed by atoms with Gasteiger partial charge in [0, 0.05) is 29.6 Å². The summed E-state index contributed by atoms with van der Waals surface area (Å²) in [5, 5.41) is 1.09. The lowest BCUT2D eigenvalue weighted by molar-refractivity contribution is 0.247. The van der Waals surface area contributed by atoms with Gasteiger partial charge in [0.05, 0.1) is 33.1 Å². The molecule has 1 aromatic heterocycles. The van der Waals surface area contributed by atoms with Crippen molar-refractivity contribution in [2.24, 2.45) is 4.99 Å². The number of thioether (sulfide) groups is 1. The van der Waals surface area contributed by atoms with Crippen LogP contribution in [0.4, 0.5) is 0 Å². The maximum Gasteiger partial charge on any atom is 0.164 e. The lowest BCUT2D eigenvalue weighted by atomic mass is 9.94. The third-order valence-corrected chi connectivity index (χ3v) is 6.51. The lowest BCUT2D eigenvalue weighted by Crippen LogP contribution is -2.35. The van der Waals surface area contributed by atoms with Gasteiger partial charge in [0.2, 0.25) is 0 Å². The van der Waals surface area contributed by atoms with E-state index in [9.17, 15) is 0 Å². The lowest BCUT2D eigenvalue weighted by Gasteiger charge is -2.33. The van der Waals surface area contributed by atoms with Gasteiger partial charge in [-0.05, 0) is 24.6 Å². The average molecular weight is 400 g/mol. The molecule has 2 aliphatic heterocycles. The maximum absolute atomic E-state index is 5.76. The molecule has 6 nitrogen and oxygen atoms in total. The second-order valence-corrected chi connectivity index (χ2v) is 7.77. The van der Waals surface area contributed by atoms with Crippen molar-refractivity contribution in [3.05, 3.63) is 47.8 Å². The van der Waals surface area contributed by atoms with E-state index < -0.39 is 0 Å². The Morgan fingerprint density at radius 2 is 1.82 bits per heavy atom. The molecule has 0 aliphatic carbocycles. The molecule has 4 rings (SSSR count). The fourth-order valence-corrected chi connectivity index (χ4v) is 5.31.